The molecular weight excluding hydrogens is 284 g/mol. The van der Waals surface area contributed by atoms with Crippen molar-refractivity contribution in [3.8, 4) is 5.75 Å². The zero-order valence-electron chi connectivity index (χ0n) is 14.1. The SMILES string of the molecule is CCC1CCNCC1c1cc(Cc2cccc(OC)c2)ccn1. The van der Waals surface area contributed by atoms with Crippen molar-refractivity contribution in [2.24, 2.45) is 5.92 Å². The van der Waals surface area contributed by atoms with Gasteiger partial charge >= 0.3 is 0 Å². The fourth-order valence-electron chi connectivity index (χ4n) is 3.57. The fraction of sp³-hybridized carbons (Fsp3) is 0.450. The molecule has 1 fully saturated rings. The van der Waals surface area contributed by atoms with Crippen LogP contribution in [0.3, 0.4) is 0 Å². The van der Waals surface area contributed by atoms with E-state index in [4.69, 9.17) is 4.74 Å². The van der Waals surface area contributed by atoms with E-state index in [2.05, 4.69) is 47.6 Å². The van der Waals surface area contributed by atoms with E-state index in [-0.39, 0.29) is 0 Å². The van der Waals surface area contributed by atoms with Gasteiger partial charge in [0.1, 0.15) is 5.75 Å². The first-order chi connectivity index (χ1) is 11.3. The highest BCUT2D eigenvalue weighted by atomic mass is 16.5. The Labute approximate surface area is 139 Å². The van der Waals surface area contributed by atoms with Crippen molar-refractivity contribution < 1.29 is 4.74 Å². The highest BCUT2D eigenvalue weighted by Crippen LogP contribution is 2.31. The number of hydrogen-bond donors (Lipinski definition) is 1. The highest BCUT2D eigenvalue weighted by molar-refractivity contribution is 5.33. The Kier molecular flexibility index (Phi) is 5.29. The number of nitrogens with one attached hydrogen (secondary N) is 1. The second-order valence-electron chi connectivity index (χ2n) is 6.38. The summed E-state index contributed by atoms with van der Waals surface area (Å²) >= 11 is 0. The van der Waals surface area contributed by atoms with Crippen LogP contribution >= 0.6 is 0 Å². The number of nitrogens with zero attached hydrogens (tertiary/aromatic N) is 1. The number of ether oxygens (including phenoxy) is 1. The molecule has 0 saturated carbocycles. The van der Waals surface area contributed by atoms with Gasteiger partial charge in [0.2, 0.25) is 0 Å². The lowest BCUT2D eigenvalue weighted by molar-refractivity contribution is 0.311. The van der Waals surface area contributed by atoms with E-state index in [1.807, 2.05) is 12.3 Å². The second-order valence-corrected chi connectivity index (χ2v) is 6.38. The van der Waals surface area contributed by atoms with Gasteiger partial charge in [0.25, 0.3) is 0 Å². The molecule has 2 atom stereocenters. The van der Waals surface area contributed by atoms with Crippen LogP contribution in [0, 0.1) is 5.92 Å². The molecule has 0 bridgehead atoms. The molecule has 1 aromatic carbocycles. The van der Waals surface area contributed by atoms with E-state index >= 15 is 0 Å². The van der Waals surface area contributed by atoms with Gasteiger partial charge in [0.05, 0.1) is 7.11 Å². The standard InChI is InChI=1S/C20H26N2O/c1-3-17-8-9-21-14-19(17)20-13-16(7-10-22-20)11-15-5-4-6-18(12-15)23-2/h4-7,10,12-13,17,19,21H,3,8-9,11,14H2,1-2H3. The Balaban J connectivity index is 1.79. The smallest absolute Gasteiger partial charge is 0.119 e. The maximum Gasteiger partial charge on any atom is 0.119 e. The third-order valence-electron chi connectivity index (χ3n) is 4.92. The van der Waals surface area contributed by atoms with Gasteiger partial charge in [-0.05, 0) is 60.7 Å². The lowest BCUT2D eigenvalue weighted by atomic mass is 9.82. The molecule has 2 heterocycles. The van der Waals surface area contributed by atoms with Crippen LogP contribution in [0.1, 0.15) is 42.5 Å². The predicted molar refractivity (Wildman–Crippen MR) is 94.0 cm³/mol. The molecule has 1 saturated heterocycles. The van der Waals surface area contributed by atoms with E-state index in [1.165, 1.54) is 29.7 Å². The summed E-state index contributed by atoms with van der Waals surface area (Å²) in [5.74, 6) is 2.20. The van der Waals surface area contributed by atoms with Gasteiger partial charge < -0.3 is 10.1 Å². The average molecular weight is 310 g/mol. The summed E-state index contributed by atoms with van der Waals surface area (Å²) in [6.45, 7) is 4.48. The molecule has 3 rings (SSSR count). The average Bonchev–Trinajstić information content (AvgIpc) is 2.62. The van der Waals surface area contributed by atoms with Crippen molar-refractivity contribution in [2.75, 3.05) is 20.2 Å². The van der Waals surface area contributed by atoms with E-state index < -0.39 is 0 Å². The van der Waals surface area contributed by atoms with Crippen LogP contribution in [0.5, 0.6) is 5.75 Å². The van der Waals surface area contributed by atoms with Crippen molar-refractivity contribution in [3.05, 3.63) is 59.4 Å². The van der Waals surface area contributed by atoms with Gasteiger partial charge in [-0.2, -0.15) is 0 Å². The maximum atomic E-state index is 5.32. The minimum absolute atomic E-state index is 0.541. The Morgan fingerprint density at radius 1 is 1.22 bits per heavy atom. The lowest BCUT2D eigenvalue weighted by Crippen LogP contribution is -2.35. The molecule has 122 valence electrons. The van der Waals surface area contributed by atoms with E-state index in [1.54, 1.807) is 7.11 Å². The molecule has 3 heteroatoms. The first kappa shape index (κ1) is 16.0. The van der Waals surface area contributed by atoms with Crippen molar-refractivity contribution in [3.63, 3.8) is 0 Å². The largest absolute Gasteiger partial charge is 0.497 e. The zero-order valence-corrected chi connectivity index (χ0v) is 14.1. The number of piperidine rings is 1. The second kappa shape index (κ2) is 7.60. The summed E-state index contributed by atoms with van der Waals surface area (Å²) in [5.41, 5.74) is 3.84. The summed E-state index contributed by atoms with van der Waals surface area (Å²) in [6, 6.07) is 12.7. The Bertz CT molecular complexity index is 641. The molecule has 2 aromatic rings. The highest BCUT2D eigenvalue weighted by Gasteiger charge is 2.25. The van der Waals surface area contributed by atoms with Crippen LogP contribution in [0.2, 0.25) is 0 Å². The molecule has 0 amide bonds. The minimum Gasteiger partial charge on any atom is -0.497 e. The molecule has 2 unspecified atom stereocenters. The molecule has 1 N–H and O–H groups in total. The Morgan fingerprint density at radius 2 is 2.09 bits per heavy atom. The quantitative estimate of drug-likeness (QED) is 0.912. The molecular formula is C20H26N2O. The first-order valence-electron chi connectivity index (χ1n) is 8.58. The van der Waals surface area contributed by atoms with Crippen LogP contribution in [0.15, 0.2) is 42.6 Å². The molecule has 1 aliphatic rings. The van der Waals surface area contributed by atoms with E-state index in [0.717, 1.165) is 31.2 Å². The van der Waals surface area contributed by atoms with Crippen LogP contribution in [-0.4, -0.2) is 25.2 Å². The number of methoxy groups -OCH3 is 1. The normalized spacial score (nSPS) is 21.1. The van der Waals surface area contributed by atoms with Gasteiger partial charge in [-0.15, -0.1) is 0 Å². The van der Waals surface area contributed by atoms with Gasteiger partial charge in [-0.25, -0.2) is 0 Å². The number of benzene rings is 1. The number of rotatable bonds is 5. The van der Waals surface area contributed by atoms with Crippen LogP contribution in [-0.2, 0) is 6.42 Å². The molecule has 1 aliphatic heterocycles. The monoisotopic (exact) mass is 310 g/mol. The molecule has 23 heavy (non-hydrogen) atoms. The summed E-state index contributed by atoms with van der Waals surface area (Å²) in [4.78, 5) is 4.67. The van der Waals surface area contributed by atoms with Crippen molar-refractivity contribution in [1.82, 2.24) is 10.3 Å². The van der Waals surface area contributed by atoms with Gasteiger partial charge in [-0.1, -0.05) is 25.5 Å². The maximum absolute atomic E-state index is 5.32. The summed E-state index contributed by atoms with van der Waals surface area (Å²) < 4.78 is 5.32. The van der Waals surface area contributed by atoms with Crippen molar-refractivity contribution >= 4 is 0 Å². The number of aromatic nitrogens is 1. The third-order valence-corrected chi connectivity index (χ3v) is 4.92. The number of pyridine rings is 1. The molecule has 3 nitrogen and oxygen atoms in total. The summed E-state index contributed by atoms with van der Waals surface area (Å²) in [6.07, 6.45) is 5.37. The molecule has 0 aliphatic carbocycles. The molecule has 0 radical (unpaired) electrons. The van der Waals surface area contributed by atoms with E-state index in [0.29, 0.717) is 5.92 Å². The van der Waals surface area contributed by atoms with Gasteiger partial charge in [0.15, 0.2) is 0 Å². The van der Waals surface area contributed by atoms with Gasteiger partial charge in [0, 0.05) is 24.4 Å². The van der Waals surface area contributed by atoms with E-state index in [9.17, 15) is 0 Å². The van der Waals surface area contributed by atoms with Gasteiger partial charge in [-0.3, -0.25) is 4.98 Å². The predicted octanol–water partition coefficient (Wildman–Crippen LogP) is 3.78. The van der Waals surface area contributed by atoms with Crippen molar-refractivity contribution in [1.29, 1.82) is 0 Å². The van der Waals surface area contributed by atoms with Crippen LogP contribution in [0.25, 0.3) is 0 Å². The summed E-state index contributed by atoms with van der Waals surface area (Å²) in [5, 5.41) is 3.53. The summed E-state index contributed by atoms with van der Waals surface area (Å²) in [7, 11) is 1.71. The fourth-order valence-corrected chi connectivity index (χ4v) is 3.57. The number of hydrogen-bond acceptors (Lipinski definition) is 3. The van der Waals surface area contributed by atoms with Crippen molar-refractivity contribution in [2.45, 2.75) is 32.1 Å². The topological polar surface area (TPSA) is 34.1 Å². The molecule has 1 aromatic heterocycles. The Hall–Kier alpha value is -1.87. The first-order valence-corrected chi connectivity index (χ1v) is 8.58. The van der Waals surface area contributed by atoms with Crippen LogP contribution in [0.4, 0.5) is 0 Å². The molecule has 0 spiro atoms. The third kappa shape index (κ3) is 3.91. The zero-order chi connectivity index (χ0) is 16.1. The lowest BCUT2D eigenvalue weighted by Gasteiger charge is -2.31. The minimum atomic E-state index is 0.541. The van der Waals surface area contributed by atoms with Crippen LogP contribution < -0.4 is 10.1 Å². The Morgan fingerprint density at radius 3 is 2.91 bits per heavy atom.